The van der Waals surface area contributed by atoms with Crippen molar-refractivity contribution in [3.05, 3.63) is 33.6 Å². The SMILES string of the molecule is CN1CCN(c2c(F)c(SCC(=O)O)c3c(=O)c(C(=O)O)cn(C4CC4)c3c2F)CC1. The van der Waals surface area contributed by atoms with E-state index in [0.717, 1.165) is 6.20 Å². The first-order chi connectivity index (χ1) is 14.7. The summed E-state index contributed by atoms with van der Waals surface area (Å²) >= 11 is 0.563. The van der Waals surface area contributed by atoms with Gasteiger partial charge < -0.3 is 24.6 Å². The number of aliphatic carboxylic acids is 1. The third kappa shape index (κ3) is 3.87. The number of pyridine rings is 1. The molecular formula is C20H21F2N3O5S. The number of aromatic nitrogens is 1. The van der Waals surface area contributed by atoms with Crippen LogP contribution in [0.1, 0.15) is 29.2 Å². The molecule has 1 aliphatic carbocycles. The summed E-state index contributed by atoms with van der Waals surface area (Å²) in [6.07, 6.45) is 2.47. The number of halogens is 2. The van der Waals surface area contributed by atoms with Crippen LogP contribution in [-0.4, -0.2) is 70.6 Å². The number of carboxylic acids is 2. The van der Waals surface area contributed by atoms with Crippen LogP contribution in [0, 0.1) is 11.6 Å². The minimum atomic E-state index is -1.50. The van der Waals surface area contributed by atoms with Gasteiger partial charge in [0, 0.05) is 38.4 Å². The minimum absolute atomic E-state index is 0.166. The van der Waals surface area contributed by atoms with Gasteiger partial charge in [0.15, 0.2) is 11.6 Å². The van der Waals surface area contributed by atoms with E-state index in [-0.39, 0.29) is 22.1 Å². The van der Waals surface area contributed by atoms with E-state index in [1.165, 1.54) is 4.57 Å². The van der Waals surface area contributed by atoms with Gasteiger partial charge in [0.1, 0.15) is 11.3 Å². The first-order valence-electron chi connectivity index (χ1n) is 9.81. The summed E-state index contributed by atoms with van der Waals surface area (Å²) in [7, 11) is 1.90. The molecule has 8 nitrogen and oxygen atoms in total. The maximum absolute atomic E-state index is 15.8. The van der Waals surface area contributed by atoms with Gasteiger partial charge in [0.05, 0.1) is 21.6 Å². The monoisotopic (exact) mass is 453 g/mol. The van der Waals surface area contributed by atoms with Crippen molar-refractivity contribution in [2.24, 2.45) is 0 Å². The molecule has 0 spiro atoms. The molecule has 0 radical (unpaired) electrons. The topological polar surface area (TPSA) is 103 Å². The van der Waals surface area contributed by atoms with Crippen molar-refractivity contribution in [1.82, 2.24) is 9.47 Å². The number of fused-ring (bicyclic) bond motifs is 1. The van der Waals surface area contributed by atoms with E-state index in [1.807, 2.05) is 11.9 Å². The highest BCUT2D eigenvalue weighted by Gasteiger charge is 2.34. The lowest BCUT2D eigenvalue weighted by atomic mass is 10.1. The quantitative estimate of drug-likeness (QED) is 0.642. The van der Waals surface area contributed by atoms with Crippen LogP contribution < -0.4 is 10.3 Å². The number of hydrogen-bond donors (Lipinski definition) is 2. The summed E-state index contributed by atoms with van der Waals surface area (Å²) in [5.74, 6) is -5.24. The highest BCUT2D eigenvalue weighted by molar-refractivity contribution is 8.00. The van der Waals surface area contributed by atoms with Gasteiger partial charge in [-0.2, -0.15) is 0 Å². The Kier molecular flexibility index (Phi) is 5.65. The van der Waals surface area contributed by atoms with Crippen LogP contribution in [-0.2, 0) is 4.79 Å². The summed E-state index contributed by atoms with van der Waals surface area (Å²) in [4.78, 5) is 39.0. The molecule has 1 aliphatic heterocycles. The maximum Gasteiger partial charge on any atom is 0.341 e. The number of carboxylic acid groups (broad SMARTS) is 2. The van der Waals surface area contributed by atoms with Crippen LogP contribution in [0.2, 0.25) is 0 Å². The predicted molar refractivity (Wildman–Crippen MR) is 111 cm³/mol. The number of hydrogen-bond acceptors (Lipinski definition) is 6. The minimum Gasteiger partial charge on any atom is -0.481 e. The molecule has 2 heterocycles. The van der Waals surface area contributed by atoms with Crippen molar-refractivity contribution >= 4 is 40.3 Å². The van der Waals surface area contributed by atoms with Crippen molar-refractivity contribution in [1.29, 1.82) is 0 Å². The summed E-state index contributed by atoms with van der Waals surface area (Å²) in [5, 5.41) is 18.2. The van der Waals surface area contributed by atoms with Gasteiger partial charge in [-0.3, -0.25) is 9.59 Å². The number of aromatic carboxylic acids is 1. The summed E-state index contributed by atoms with van der Waals surface area (Å²) in [5.41, 5.74) is -2.08. The van der Waals surface area contributed by atoms with Crippen LogP contribution in [0.4, 0.5) is 14.5 Å². The summed E-state index contributed by atoms with van der Waals surface area (Å²) < 4.78 is 32.9. The van der Waals surface area contributed by atoms with E-state index >= 15 is 8.78 Å². The standard InChI is InChI=1S/C20H21F2N3O5S/c1-23-4-6-24(7-5-23)17-14(21)16-13(19(15(17)22)31-9-12(26)27)18(28)11(20(29)30)8-25(16)10-2-3-10/h8,10H,2-7,9H2,1H3,(H,26,27)(H,29,30). The molecule has 0 atom stereocenters. The van der Waals surface area contributed by atoms with E-state index in [1.54, 1.807) is 4.90 Å². The Balaban J connectivity index is 2.05. The Bertz CT molecular complexity index is 1140. The van der Waals surface area contributed by atoms with Crippen molar-refractivity contribution in [3.63, 3.8) is 0 Å². The van der Waals surface area contributed by atoms with Crippen LogP contribution in [0.3, 0.4) is 0 Å². The Morgan fingerprint density at radius 1 is 1.13 bits per heavy atom. The molecule has 2 N–H and O–H groups in total. The molecule has 0 amide bonds. The second-order valence-electron chi connectivity index (χ2n) is 7.82. The first-order valence-corrected chi connectivity index (χ1v) is 10.8. The highest BCUT2D eigenvalue weighted by atomic mass is 32.2. The fourth-order valence-electron chi connectivity index (χ4n) is 3.86. The number of anilines is 1. The zero-order valence-corrected chi connectivity index (χ0v) is 17.5. The normalized spacial score (nSPS) is 17.3. The second kappa shape index (κ2) is 8.12. The average Bonchev–Trinajstić information content (AvgIpc) is 3.54. The van der Waals surface area contributed by atoms with E-state index in [9.17, 15) is 19.5 Å². The van der Waals surface area contributed by atoms with E-state index in [0.29, 0.717) is 50.8 Å². The molecule has 2 aliphatic rings. The number of thioether (sulfide) groups is 1. The van der Waals surface area contributed by atoms with Crippen molar-refractivity contribution < 1.29 is 28.6 Å². The molecule has 1 aromatic carbocycles. The average molecular weight is 453 g/mol. The van der Waals surface area contributed by atoms with Gasteiger partial charge in [-0.25, -0.2) is 13.6 Å². The molecule has 1 saturated heterocycles. The molecule has 11 heteroatoms. The van der Waals surface area contributed by atoms with Gasteiger partial charge in [-0.1, -0.05) is 0 Å². The van der Waals surface area contributed by atoms with Crippen molar-refractivity contribution in [3.8, 4) is 0 Å². The molecular weight excluding hydrogens is 432 g/mol. The van der Waals surface area contributed by atoms with Gasteiger partial charge in [-0.05, 0) is 19.9 Å². The fraction of sp³-hybridized carbons (Fsp3) is 0.450. The van der Waals surface area contributed by atoms with E-state index in [2.05, 4.69) is 0 Å². The van der Waals surface area contributed by atoms with Gasteiger partial charge in [0.2, 0.25) is 5.43 Å². The van der Waals surface area contributed by atoms with Crippen LogP contribution in [0.25, 0.3) is 10.9 Å². The number of carbonyl (C=O) groups is 2. The Morgan fingerprint density at radius 2 is 1.77 bits per heavy atom. The van der Waals surface area contributed by atoms with Crippen LogP contribution in [0.5, 0.6) is 0 Å². The van der Waals surface area contributed by atoms with Gasteiger partial charge >= 0.3 is 11.9 Å². The highest BCUT2D eigenvalue weighted by Crippen LogP contribution is 2.43. The van der Waals surface area contributed by atoms with Gasteiger partial charge in [-0.15, -0.1) is 11.8 Å². The molecule has 1 saturated carbocycles. The largest absolute Gasteiger partial charge is 0.481 e. The molecule has 4 rings (SSSR count). The van der Waals surface area contributed by atoms with E-state index in [4.69, 9.17) is 5.11 Å². The zero-order valence-electron chi connectivity index (χ0n) is 16.7. The number of benzene rings is 1. The van der Waals surface area contributed by atoms with Crippen molar-refractivity contribution in [2.45, 2.75) is 23.8 Å². The Hall–Kier alpha value is -2.66. The lowest BCUT2D eigenvalue weighted by Gasteiger charge is -2.35. The van der Waals surface area contributed by atoms with Crippen LogP contribution in [0.15, 0.2) is 15.9 Å². The molecule has 2 fully saturated rings. The predicted octanol–water partition coefficient (Wildman–Crippen LogP) is 2.24. The molecule has 0 bridgehead atoms. The maximum atomic E-state index is 15.8. The van der Waals surface area contributed by atoms with Crippen LogP contribution >= 0.6 is 11.8 Å². The number of nitrogens with zero attached hydrogens (tertiary/aromatic N) is 3. The fourth-order valence-corrected chi connectivity index (χ4v) is 4.69. The lowest BCUT2D eigenvalue weighted by molar-refractivity contribution is -0.133. The Morgan fingerprint density at radius 3 is 2.32 bits per heavy atom. The lowest BCUT2D eigenvalue weighted by Crippen LogP contribution is -2.45. The Labute approximate surface area is 180 Å². The third-order valence-corrected chi connectivity index (χ3v) is 6.68. The number of rotatable bonds is 6. The molecule has 0 unspecified atom stereocenters. The summed E-state index contributed by atoms with van der Waals surface area (Å²) in [6.45, 7) is 1.89. The zero-order chi connectivity index (χ0) is 22.4. The first kappa shape index (κ1) is 21.6. The number of piperazine rings is 1. The van der Waals surface area contributed by atoms with E-state index < -0.39 is 45.7 Å². The second-order valence-corrected chi connectivity index (χ2v) is 8.80. The number of likely N-dealkylation sites (N-methyl/N-ethyl adjacent to an activating group) is 1. The molecule has 166 valence electrons. The molecule has 1 aromatic heterocycles. The molecule has 31 heavy (non-hydrogen) atoms. The van der Waals surface area contributed by atoms with Crippen molar-refractivity contribution in [2.75, 3.05) is 43.9 Å². The smallest absolute Gasteiger partial charge is 0.341 e. The third-order valence-electron chi connectivity index (χ3n) is 5.62. The molecule has 2 aromatic rings. The van der Waals surface area contributed by atoms with Gasteiger partial charge in [0.25, 0.3) is 0 Å². The summed E-state index contributed by atoms with van der Waals surface area (Å²) in [6, 6.07) is -0.196.